The van der Waals surface area contributed by atoms with E-state index < -0.39 is 5.91 Å². The number of pyridine rings is 1. The molecular weight excluding hydrogens is 438 g/mol. The van der Waals surface area contributed by atoms with Crippen LogP contribution < -0.4 is 10.6 Å². The quantitative estimate of drug-likeness (QED) is 0.537. The Kier molecular flexibility index (Phi) is 5.70. The Bertz CT molecular complexity index is 990. The molecule has 0 atom stereocenters. The van der Waals surface area contributed by atoms with Crippen LogP contribution in [0.3, 0.4) is 0 Å². The first kappa shape index (κ1) is 18.6. The van der Waals surface area contributed by atoms with E-state index in [1.54, 1.807) is 30.3 Å². The second-order valence-corrected chi connectivity index (χ2v) is 7.05. The molecule has 0 fully saturated rings. The van der Waals surface area contributed by atoms with Crippen LogP contribution in [-0.4, -0.2) is 16.0 Å². The van der Waals surface area contributed by atoms with E-state index >= 15 is 0 Å². The Morgan fingerprint density at radius 1 is 1.23 bits per heavy atom. The molecule has 2 heterocycles. The third kappa shape index (κ3) is 4.49. The number of furan rings is 1. The molecule has 0 aliphatic rings. The molecular formula is C18H13BrClN3O2S. The van der Waals surface area contributed by atoms with Crippen molar-refractivity contribution in [3.8, 4) is 11.3 Å². The molecule has 0 saturated carbocycles. The molecule has 0 aliphatic carbocycles. The van der Waals surface area contributed by atoms with Crippen LogP contribution in [0.4, 0.5) is 5.82 Å². The summed E-state index contributed by atoms with van der Waals surface area (Å²) in [5, 5.41) is 6.15. The summed E-state index contributed by atoms with van der Waals surface area (Å²) in [5.41, 5.74) is 1.59. The molecule has 0 unspecified atom stereocenters. The van der Waals surface area contributed by atoms with E-state index in [0.717, 1.165) is 15.7 Å². The number of aryl methyl sites for hydroxylation is 1. The van der Waals surface area contributed by atoms with Gasteiger partial charge in [0.05, 0.1) is 5.69 Å². The average molecular weight is 451 g/mol. The van der Waals surface area contributed by atoms with Gasteiger partial charge in [-0.1, -0.05) is 23.7 Å². The number of carbonyl (C=O) groups is 1. The minimum absolute atomic E-state index is 0.130. The third-order valence-electron chi connectivity index (χ3n) is 3.43. The van der Waals surface area contributed by atoms with Gasteiger partial charge >= 0.3 is 0 Å². The maximum Gasteiger partial charge on any atom is 0.293 e. The topological polar surface area (TPSA) is 67.2 Å². The number of nitrogens with zero attached hydrogens (tertiary/aromatic N) is 1. The standard InChI is InChI=1S/C18H13BrClN3O2S/c1-10-13(19)5-8-16(21-10)22-18(26)23-17(24)15-7-6-14(25-15)11-3-2-4-12(20)9-11/h2-9H,1H3,(H2,21,22,23,24,26). The number of thiocarbonyl (C=S) groups is 1. The molecule has 132 valence electrons. The Hall–Kier alpha value is -2.22. The van der Waals surface area contributed by atoms with Crippen LogP contribution in [0.5, 0.6) is 0 Å². The van der Waals surface area contributed by atoms with Gasteiger partial charge in [0.15, 0.2) is 10.9 Å². The molecule has 26 heavy (non-hydrogen) atoms. The second-order valence-electron chi connectivity index (χ2n) is 5.35. The van der Waals surface area contributed by atoms with Gasteiger partial charge in [0.25, 0.3) is 5.91 Å². The zero-order chi connectivity index (χ0) is 18.7. The smallest absolute Gasteiger partial charge is 0.293 e. The van der Waals surface area contributed by atoms with Crippen molar-refractivity contribution in [3.05, 3.63) is 69.5 Å². The highest BCUT2D eigenvalue weighted by Gasteiger charge is 2.14. The number of hydrogen-bond acceptors (Lipinski definition) is 4. The Labute approximate surface area is 168 Å². The number of amides is 1. The summed E-state index contributed by atoms with van der Waals surface area (Å²) >= 11 is 14.5. The van der Waals surface area contributed by atoms with Crippen molar-refractivity contribution in [3.63, 3.8) is 0 Å². The molecule has 2 aromatic heterocycles. The number of hydrogen-bond donors (Lipinski definition) is 2. The summed E-state index contributed by atoms with van der Waals surface area (Å²) in [6.45, 7) is 1.86. The van der Waals surface area contributed by atoms with Crippen LogP contribution in [0, 0.1) is 6.92 Å². The van der Waals surface area contributed by atoms with Crippen LogP contribution in [0.25, 0.3) is 11.3 Å². The van der Waals surface area contributed by atoms with Gasteiger partial charge in [0, 0.05) is 15.1 Å². The van der Waals surface area contributed by atoms with Gasteiger partial charge < -0.3 is 9.73 Å². The minimum Gasteiger partial charge on any atom is -0.451 e. The zero-order valence-corrected chi connectivity index (χ0v) is 16.7. The molecule has 8 heteroatoms. The molecule has 3 rings (SSSR count). The van der Waals surface area contributed by atoms with Gasteiger partial charge in [-0.15, -0.1) is 0 Å². The van der Waals surface area contributed by atoms with Crippen molar-refractivity contribution in [1.82, 2.24) is 10.3 Å². The molecule has 2 N–H and O–H groups in total. The molecule has 0 bridgehead atoms. The van der Waals surface area contributed by atoms with E-state index in [9.17, 15) is 4.79 Å². The fourth-order valence-corrected chi connectivity index (χ4v) is 2.79. The Morgan fingerprint density at radius 2 is 2.04 bits per heavy atom. The maximum absolute atomic E-state index is 12.3. The minimum atomic E-state index is -0.454. The number of carbonyl (C=O) groups excluding carboxylic acids is 1. The number of anilines is 1. The van der Waals surface area contributed by atoms with Gasteiger partial charge in [-0.3, -0.25) is 10.1 Å². The van der Waals surface area contributed by atoms with Gasteiger partial charge in [0.1, 0.15) is 11.6 Å². The van der Waals surface area contributed by atoms with Crippen LogP contribution >= 0.6 is 39.7 Å². The summed E-state index contributed by atoms with van der Waals surface area (Å²) < 4.78 is 6.48. The predicted molar refractivity (Wildman–Crippen MR) is 110 cm³/mol. The lowest BCUT2D eigenvalue weighted by Crippen LogP contribution is -2.34. The van der Waals surface area contributed by atoms with Crippen molar-refractivity contribution in [2.45, 2.75) is 6.92 Å². The predicted octanol–water partition coefficient (Wildman–Crippen LogP) is 5.19. The van der Waals surface area contributed by atoms with Crippen molar-refractivity contribution in [2.24, 2.45) is 0 Å². The lowest BCUT2D eigenvalue weighted by atomic mass is 10.2. The molecule has 5 nitrogen and oxygen atoms in total. The van der Waals surface area contributed by atoms with E-state index in [1.165, 1.54) is 0 Å². The highest BCUT2D eigenvalue weighted by atomic mass is 79.9. The summed E-state index contributed by atoms with van der Waals surface area (Å²) in [6, 6.07) is 14.1. The Morgan fingerprint density at radius 3 is 2.77 bits per heavy atom. The molecule has 1 amide bonds. The van der Waals surface area contributed by atoms with E-state index in [-0.39, 0.29) is 10.9 Å². The fraction of sp³-hybridized carbons (Fsp3) is 0.0556. The molecule has 0 aliphatic heterocycles. The maximum atomic E-state index is 12.3. The third-order valence-corrected chi connectivity index (χ3v) is 4.71. The van der Waals surface area contributed by atoms with Crippen LogP contribution in [0.15, 0.2) is 57.4 Å². The highest BCUT2D eigenvalue weighted by molar-refractivity contribution is 9.10. The van der Waals surface area contributed by atoms with E-state index in [2.05, 4.69) is 31.5 Å². The van der Waals surface area contributed by atoms with Crippen LogP contribution in [-0.2, 0) is 0 Å². The Balaban J connectivity index is 1.66. The fourth-order valence-electron chi connectivity index (χ4n) is 2.18. The first-order chi connectivity index (χ1) is 12.4. The van der Waals surface area contributed by atoms with Crippen LogP contribution in [0.1, 0.15) is 16.2 Å². The number of rotatable bonds is 3. The lowest BCUT2D eigenvalue weighted by molar-refractivity contribution is 0.0951. The highest BCUT2D eigenvalue weighted by Crippen LogP contribution is 2.24. The average Bonchev–Trinajstić information content (AvgIpc) is 3.08. The van der Waals surface area contributed by atoms with E-state index in [4.69, 9.17) is 28.2 Å². The number of nitrogens with one attached hydrogen (secondary N) is 2. The van der Waals surface area contributed by atoms with E-state index in [1.807, 2.05) is 25.1 Å². The van der Waals surface area contributed by atoms with Gasteiger partial charge in [0.2, 0.25) is 0 Å². The first-order valence-corrected chi connectivity index (χ1v) is 9.11. The summed E-state index contributed by atoms with van der Waals surface area (Å²) in [5.74, 6) is 0.769. The number of halogens is 2. The van der Waals surface area contributed by atoms with E-state index in [0.29, 0.717) is 16.6 Å². The van der Waals surface area contributed by atoms with Gasteiger partial charge in [-0.05, 0) is 71.5 Å². The normalized spacial score (nSPS) is 10.4. The summed E-state index contributed by atoms with van der Waals surface area (Å²) in [6.07, 6.45) is 0. The molecule has 0 radical (unpaired) electrons. The molecule has 0 spiro atoms. The zero-order valence-electron chi connectivity index (χ0n) is 13.5. The summed E-state index contributed by atoms with van der Waals surface area (Å²) in [4.78, 5) is 16.6. The van der Waals surface area contributed by atoms with Crippen molar-refractivity contribution in [2.75, 3.05) is 5.32 Å². The lowest BCUT2D eigenvalue weighted by Gasteiger charge is -2.09. The summed E-state index contributed by atoms with van der Waals surface area (Å²) in [7, 11) is 0. The molecule has 0 saturated heterocycles. The van der Waals surface area contributed by atoms with Crippen molar-refractivity contribution < 1.29 is 9.21 Å². The van der Waals surface area contributed by atoms with Crippen molar-refractivity contribution in [1.29, 1.82) is 0 Å². The van der Waals surface area contributed by atoms with Gasteiger partial charge in [-0.25, -0.2) is 4.98 Å². The SMILES string of the molecule is Cc1nc(NC(=S)NC(=O)c2ccc(-c3cccc(Cl)c3)o2)ccc1Br. The van der Waals surface area contributed by atoms with Crippen molar-refractivity contribution >= 4 is 56.6 Å². The van der Waals surface area contributed by atoms with Crippen LogP contribution in [0.2, 0.25) is 5.02 Å². The second kappa shape index (κ2) is 7.99. The molecule has 3 aromatic rings. The molecule has 1 aromatic carbocycles. The monoisotopic (exact) mass is 449 g/mol. The largest absolute Gasteiger partial charge is 0.451 e. The van der Waals surface area contributed by atoms with Gasteiger partial charge in [-0.2, -0.15) is 0 Å². The number of aromatic nitrogens is 1. The first-order valence-electron chi connectivity index (χ1n) is 7.53. The number of benzene rings is 1.